The monoisotopic (exact) mass is 451 g/mol. The first kappa shape index (κ1) is 21.6. The molecule has 4 aromatic rings. The van der Waals surface area contributed by atoms with Gasteiger partial charge in [0.25, 0.3) is 15.9 Å². The van der Waals surface area contributed by atoms with Crippen LogP contribution in [0, 0.1) is 19.7 Å². The second kappa shape index (κ2) is 8.47. The summed E-state index contributed by atoms with van der Waals surface area (Å²) in [6.07, 6.45) is 0. The van der Waals surface area contributed by atoms with Crippen molar-refractivity contribution >= 4 is 32.5 Å². The summed E-state index contributed by atoms with van der Waals surface area (Å²) in [5, 5.41) is 3.92. The van der Waals surface area contributed by atoms with Crippen molar-refractivity contribution in [2.45, 2.75) is 25.3 Å². The van der Waals surface area contributed by atoms with E-state index in [0.717, 1.165) is 33.8 Å². The molecular formula is C24H22FN3O3S. The van der Waals surface area contributed by atoms with Crippen molar-refractivity contribution in [3.05, 3.63) is 94.9 Å². The van der Waals surface area contributed by atoms with E-state index < -0.39 is 21.7 Å². The zero-order valence-corrected chi connectivity index (χ0v) is 18.4. The molecule has 0 saturated carbocycles. The minimum atomic E-state index is -4.06. The summed E-state index contributed by atoms with van der Waals surface area (Å²) < 4.78 is 41.4. The van der Waals surface area contributed by atoms with Crippen LogP contribution in [-0.4, -0.2) is 19.3 Å². The van der Waals surface area contributed by atoms with Crippen LogP contribution in [0.5, 0.6) is 0 Å². The lowest BCUT2D eigenvalue weighted by Crippen LogP contribution is -2.23. The molecule has 8 heteroatoms. The van der Waals surface area contributed by atoms with Crippen molar-refractivity contribution < 1.29 is 17.6 Å². The van der Waals surface area contributed by atoms with Crippen molar-refractivity contribution in [3.63, 3.8) is 0 Å². The number of halogens is 1. The van der Waals surface area contributed by atoms with Crippen LogP contribution in [-0.2, 0) is 16.6 Å². The second-order valence-corrected chi connectivity index (χ2v) is 9.23. The van der Waals surface area contributed by atoms with Gasteiger partial charge < -0.3 is 10.3 Å². The summed E-state index contributed by atoms with van der Waals surface area (Å²) in [7, 11) is -4.06. The highest BCUT2D eigenvalue weighted by Gasteiger charge is 2.18. The Labute approximate surface area is 185 Å². The average molecular weight is 452 g/mol. The normalized spacial score (nSPS) is 11.5. The molecule has 0 bridgehead atoms. The number of H-pyrrole nitrogens is 1. The molecule has 0 spiro atoms. The molecule has 0 saturated heterocycles. The molecule has 0 aliphatic heterocycles. The van der Waals surface area contributed by atoms with Gasteiger partial charge in [0.2, 0.25) is 0 Å². The number of benzene rings is 3. The maximum atomic E-state index is 13.8. The molecule has 0 aliphatic carbocycles. The number of nitrogens with one attached hydrogen (secondary N) is 3. The van der Waals surface area contributed by atoms with Gasteiger partial charge in [0, 0.05) is 28.7 Å². The Morgan fingerprint density at radius 2 is 1.78 bits per heavy atom. The van der Waals surface area contributed by atoms with Crippen LogP contribution in [0.4, 0.5) is 10.1 Å². The zero-order chi connectivity index (χ0) is 22.9. The van der Waals surface area contributed by atoms with Gasteiger partial charge in [-0.3, -0.25) is 9.52 Å². The van der Waals surface area contributed by atoms with E-state index in [1.165, 1.54) is 42.5 Å². The maximum absolute atomic E-state index is 13.8. The number of sulfonamides is 1. The van der Waals surface area contributed by atoms with Gasteiger partial charge in [-0.1, -0.05) is 24.3 Å². The Hall–Kier alpha value is -3.65. The lowest BCUT2D eigenvalue weighted by Gasteiger charge is -2.10. The zero-order valence-electron chi connectivity index (χ0n) is 17.6. The van der Waals surface area contributed by atoms with Gasteiger partial charge in [-0.2, -0.15) is 0 Å². The largest absolute Gasteiger partial charge is 0.358 e. The molecule has 32 heavy (non-hydrogen) atoms. The number of aromatic nitrogens is 1. The number of hydrogen-bond acceptors (Lipinski definition) is 3. The highest BCUT2D eigenvalue weighted by atomic mass is 32.2. The first-order chi connectivity index (χ1) is 15.2. The predicted octanol–water partition coefficient (Wildman–Crippen LogP) is 4.65. The van der Waals surface area contributed by atoms with Gasteiger partial charge in [-0.15, -0.1) is 0 Å². The number of carbonyl (C=O) groups excluding carboxylic acids is 1. The van der Waals surface area contributed by atoms with E-state index in [9.17, 15) is 17.6 Å². The quantitative estimate of drug-likeness (QED) is 0.398. The van der Waals surface area contributed by atoms with Gasteiger partial charge in [0.1, 0.15) is 5.82 Å². The third-order valence-corrected chi connectivity index (χ3v) is 6.71. The molecule has 3 aromatic carbocycles. The minimum Gasteiger partial charge on any atom is -0.358 e. The summed E-state index contributed by atoms with van der Waals surface area (Å²) in [6.45, 7) is 4.35. The Kier molecular flexibility index (Phi) is 5.71. The lowest BCUT2D eigenvalue weighted by molar-refractivity contribution is 0.0950. The highest BCUT2D eigenvalue weighted by molar-refractivity contribution is 7.92. The van der Waals surface area contributed by atoms with Gasteiger partial charge in [-0.05, 0) is 67.4 Å². The molecule has 164 valence electrons. The van der Waals surface area contributed by atoms with Crippen molar-refractivity contribution in [1.29, 1.82) is 0 Å². The third-order valence-electron chi connectivity index (χ3n) is 5.35. The molecule has 0 fully saturated rings. The number of rotatable bonds is 6. The standard InChI is InChI=1S/C24H22FN3O3S/c1-15-16(2)27-22-11-10-17(12-20(15)22)14-26-24(29)18-6-5-7-19(13-18)32(30,31)28-23-9-4-3-8-21(23)25/h3-13,27-28H,14H2,1-2H3,(H,26,29). The Bertz CT molecular complexity index is 1430. The number of para-hydroxylation sites is 1. The van der Waals surface area contributed by atoms with Crippen LogP contribution >= 0.6 is 0 Å². The van der Waals surface area contributed by atoms with E-state index in [1.807, 2.05) is 32.0 Å². The van der Waals surface area contributed by atoms with E-state index in [0.29, 0.717) is 6.54 Å². The van der Waals surface area contributed by atoms with E-state index in [-0.39, 0.29) is 16.1 Å². The van der Waals surface area contributed by atoms with Crippen LogP contribution in [0.3, 0.4) is 0 Å². The topological polar surface area (TPSA) is 91.1 Å². The number of aryl methyl sites for hydroxylation is 2. The Morgan fingerprint density at radius 3 is 2.56 bits per heavy atom. The van der Waals surface area contributed by atoms with E-state index in [1.54, 1.807) is 0 Å². The SMILES string of the molecule is Cc1[nH]c2ccc(CNC(=O)c3cccc(S(=O)(=O)Nc4ccccc4F)c3)cc2c1C. The van der Waals surface area contributed by atoms with E-state index >= 15 is 0 Å². The molecule has 3 N–H and O–H groups in total. The minimum absolute atomic E-state index is 0.131. The average Bonchev–Trinajstić information content (AvgIpc) is 3.07. The van der Waals surface area contributed by atoms with Crippen LogP contribution in [0.2, 0.25) is 0 Å². The van der Waals surface area contributed by atoms with Crippen molar-refractivity contribution in [2.24, 2.45) is 0 Å². The molecule has 1 aromatic heterocycles. The van der Waals surface area contributed by atoms with Gasteiger partial charge >= 0.3 is 0 Å². The van der Waals surface area contributed by atoms with Crippen LogP contribution in [0.1, 0.15) is 27.2 Å². The fraction of sp³-hybridized carbons (Fsp3) is 0.125. The van der Waals surface area contributed by atoms with Crippen LogP contribution in [0.15, 0.2) is 71.6 Å². The molecule has 1 heterocycles. The number of aromatic amines is 1. The second-order valence-electron chi connectivity index (χ2n) is 7.55. The predicted molar refractivity (Wildman–Crippen MR) is 123 cm³/mol. The number of anilines is 1. The number of hydrogen-bond donors (Lipinski definition) is 3. The molecule has 6 nitrogen and oxygen atoms in total. The Morgan fingerprint density at radius 1 is 1.00 bits per heavy atom. The molecule has 0 aliphatic rings. The molecule has 0 atom stereocenters. The van der Waals surface area contributed by atoms with Crippen molar-refractivity contribution in [1.82, 2.24) is 10.3 Å². The van der Waals surface area contributed by atoms with Crippen molar-refractivity contribution in [3.8, 4) is 0 Å². The molecule has 1 amide bonds. The summed E-state index contributed by atoms with van der Waals surface area (Å²) in [5.41, 5.74) is 4.26. The van der Waals surface area contributed by atoms with Crippen LogP contribution in [0.25, 0.3) is 10.9 Å². The molecule has 0 radical (unpaired) electrons. The van der Waals surface area contributed by atoms with E-state index in [2.05, 4.69) is 15.0 Å². The molecule has 4 rings (SSSR count). The third kappa shape index (κ3) is 4.36. The van der Waals surface area contributed by atoms with Gasteiger partial charge in [-0.25, -0.2) is 12.8 Å². The molecule has 0 unspecified atom stereocenters. The summed E-state index contributed by atoms with van der Waals surface area (Å²) in [4.78, 5) is 15.8. The van der Waals surface area contributed by atoms with Gasteiger partial charge in [0.15, 0.2) is 0 Å². The number of fused-ring (bicyclic) bond motifs is 1. The smallest absolute Gasteiger partial charge is 0.262 e. The van der Waals surface area contributed by atoms with E-state index in [4.69, 9.17) is 0 Å². The Balaban J connectivity index is 1.50. The fourth-order valence-corrected chi connectivity index (χ4v) is 4.57. The maximum Gasteiger partial charge on any atom is 0.262 e. The van der Waals surface area contributed by atoms with Crippen LogP contribution < -0.4 is 10.0 Å². The summed E-state index contributed by atoms with van der Waals surface area (Å²) in [5.74, 6) is -1.09. The fourth-order valence-electron chi connectivity index (χ4n) is 3.45. The van der Waals surface area contributed by atoms with Gasteiger partial charge in [0.05, 0.1) is 10.6 Å². The number of carbonyl (C=O) groups is 1. The lowest BCUT2D eigenvalue weighted by atomic mass is 10.1. The summed E-state index contributed by atoms with van der Waals surface area (Å²) >= 11 is 0. The van der Waals surface area contributed by atoms with Crippen molar-refractivity contribution in [2.75, 3.05) is 4.72 Å². The summed E-state index contributed by atoms with van der Waals surface area (Å²) in [6, 6.07) is 17.0. The highest BCUT2D eigenvalue weighted by Crippen LogP contribution is 2.23. The first-order valence-electron chi connectivity index (χ1n) is 9.98. The first-order valence-corrected chi connectivity index (χ1v) is 11.5. The number of amides is 1. The molecular weight excluding hydrogens is 429 g/mol.